The van der Waals surface area contributed by atoms with Crippen molar-refractivity contribution in [2.45, 2.75) is 57.2 Å². The molecule has 1 aliphatic heterocycles. The van der Waals surface area contributed by atoms with Crippen molar-refractivity contribution in [3.8, 4) is 17.0 Å². The van der Waals surface area contributed by atoms with Crippen LogP contribution in [0.25, 0.3) is 11.3 Å². The Bertz CT molecular complexity index is 878. The van der Waals surface area contributed by atoms with Crippen molar-refractivity contribution in [3.05, 3.63) is 36.3 Å². The van der Waals surface area contributed by atoms with Crippen LogP contribution in [0.4, 0.5) is 0 Å². The number of fused-ring (bicyclic) bond motifs is 1. The Labute approximate surface area is 184 Å². The second-order valence-corrected chi connectivity index (χ2v) is 8.82. The van der Waals surface area contributed by atoms with Gasteiger partial charge in [0.25, 0.3) is 0 Å². The van der Waals surface area contributed by atoms with E-state index < -0.39 is 6.04 Å². The predicted molar refractivity (Wildman–Crippen MR) is 122 cm³/mol. The highest BCUT2D eigenvalue weighted by atomic mass is 32.1. The fourth-order valence-corrected chi connectivity index (χ4v) is 5.05. The maximum Gasteiger partial charge on any atom is 0.241 e. The number of aromatic nitrogens is 2. The van der Waals surface area contributed by atoms with Gasteiger partial charge in [-0.25, -0.2) is 4.98 Å². The van der Waals surface area contributed by atoms with E-state index in [0.717, 1.165) is 35.8 Å². The molecule has 0 radical (unpaired) electrons. The van der Waals surface area contributed by atoms with Crippen molar-refractivity contribution in [2.24, 2.45) is 11.7 Å². The summed E-state index contributed by atoms with van der Waals surface area (Å²) in [6.07, 6.45) is 9.40. The first-order valence-electron chi connectivity index (χ1n) is 11.0. The molecule has 6 nitrogen and oxygen atoms in total. The zero-order valence-electron chi connectivity index (χ0n) is 17.7. The number of rotatable bonds is 6. The minimum Gasteiger partial charge on any atom is -0.496 e. The smallest absolute Gasteiger partial charge is 0.241 e. The second-order valence-electron chi connectivity index (χ2n) is 8.45. The van der Waals surface area contributed by atoms with Gasteiger partial charge in [-0.2, -0.15) is 12.6 Å². The largest absolute Gasteiger partial charge is 0.496 e. The van der Waals surface area contributed by atoms with Crippen molar-refractivity contribution >= 4 is 18.5 Å². The van der Waals surface area contributed by atoms with Crippen LogP contribution in [-0.4, -0.2) is 45.8 Å². The topological polar surface area (TPSA) is 73.4 Å². The number of imidazole rings is 1. The number of nitrogens with zero attached hydrogens (tertiary/aromatic N) is 3. The Morgan fingerprint density at radius 1 is 1.27 bits per heavy atom. The van der Waals surface area contributed by atoms with E-state index in [-0.39, 0.29) is 11.9 Å². The van der Waals surface area contributed by atoms with Gasteiger partial charge in [0, 0.05) is 30.6 Å². The number of amides is 1. The van der Waals surface area contributed by atoms with Crippen LogP contribution in [0, 0.1) is 5.92 Å². The van der Waals surface area contributed by atoms with Gasteiger partial charge in [-0.15, -0.1) is 0 Å². The van der Waals surface area contributed by atoms with Gasteiger partial charge >= 0.3 is 0 Å². The maximum absolute atomic E-state index is 13.1. The van der Waals surface area contributed by atoms with Crippen LogP contribution in [0.3, 0.4) is 0 Å². The molecule has 162 valence electrons. The Morgan fingerprint density at radius 3 is 2.77 bits per heavy atom. The predicted octanol–water partition coefficient (Wildman–Crippen LogP) is 3.67. The van der Waals surface area contributed by atoms with Crippen LogP contribution in [0.5, 0.6) is 5.75 Å². The first kappa shape index (κ1) is 21.2. The highest BCUT2D eigenvalue weighted by molar-refractivity contribution is 7.80. The van der Waals surface area contributed by atoms with E-state index in [1.807, 2.05) is 29.2 Å². The molecule has 1 aliphatic carbocycles. The van der Waals surface area contributed by atoms with Crippen LogP contribution in [0.1, 0.15) is 50.4 Å². The molecule has 1 amide bonds. The van der Waals surface area contributed by atoms with E-state index in [1.54, 1.807) is 7.11 Å². The standard InChI is InChI=1S/C23H32N4O2S/c1-29-21-10-6-5-9-17(21)19-14-26-11-12-27(23(28)18(24)15-30)20(22(26)25-19)13-16-7-3-2-4-8-16/h5-6,9-10,14,16,18,20,30H,2-4,7-8,11-13,15,24H2,1H3. The molecular formula is C23H32N4O2S. The van der Waals surface area contributed by atoms with Crippen LogP contribution < -0.4 is 10.5 Å². The summed E-state index contributed by atoms with van der Waals surface area (Å²) in [6.45, 7) is 1.39. The highest BCUT2D eigenvalue weighted by Gasteiger charge is 2.36. The lowest BCUT2D eigenvalue weighted by atomic mass is 9.84. The minimum absolute atomic E-state index is 0.0149. The number of para-hydroxylation sites is 1. The lowest BCUT2D eigenvalue weighted by Gasteiger charge is -2.39. The van der Waals surface area contributed by atoms with Crippen LogP contribution in [0.15, 0.2) is 30.5 Å². The number of ether oxygens (including phenoxy) is 1. The Kier molecular flexibility index (Phi) is 6.68. The van der Waals surface area contributed by atoms with E-state index in [2.05, 4.69) is 23.4 Å². The van der Waals surface area contributed by atoms with Gasteiger partial charge in [-0.3, -0.25) is 4.79 Å². The third-order valence-electron chi connectivity index (χ3n) is 6.52. The quantitative estimate of drug-likeness (QED) is 0.689. The van der Waals surface area contributed by atoms with Gasteiger partial charge in [0.05, 0.1) is 24.9 Å². The van der Waals surface area contributed by atoms with E-state index in [9.17, 15) is 4.79 Å². The first-order chi connectivity index (χ1) is 14.6. The molecule has 4 rings (SSSR count). The lowest BCUT2D eigenvalue weighted by Crippen LogP contribution is -2.50. The normalized spacial score (nSPS) is 20.6. The zero-order chi connectivity index (χ0) is 21.1. The summed E-state index contributed by atoms with van der Waals surface area (Å²) in [7, 11) is 1.68. The SMILES string of the molecule is COc1ccccc1-c1cn2c(n1)C(CC1CCCCC1)N(C(=O)C(N)CS)CC2. The Hall–Kier alpha value is -1.99. The molecule has 7 heteroatoms. The van der Waals surface area contributed by atoms with Gasteiger partial charge in [0.1, 0.15) is 11.6 Å². The summed E-state index contributed by atoms with van der Waals surface area (Å²) in [5.74, 6) is 2.74. The molecule has 2 unspecified atom stereocenters. The summed E-state index contributed by atoms with van der Waals surface area (Å²) in [6, 6.07) is 7.33. The number of thiol groups is 1. The Morgan fingerprint density at radius 2 is 2.03 bits per heavy atom. The number of carbonyl (C=O) groups is 1. The van der Waals surface area contributed by atoms with Crippen molar-refractivity contribution in [1.82, 2.24) is 14.5 Å². The van der Waals surface area contributed by atoms with Crippen LogP contribution in [-0.2, 0) is 11.3 Å². The molecule has 0 spiro atoms. The summed E-state index contributed by atoms with van der Waals surface area (Å²) >= 11 is 4.26. The third-order valence-corrected chi connectivity index (χ3v) is 6.92. The molecule has 0 saturated heterocycles. The molecule has 1 saturated carbocycles. The van der Waals surface area contributed by atoms with Gasteiger partial charge < -0.3 is 19.9 Å². The van der Waals surface area contributed by atoms with Gasteiger partial charge in [-0.1, -0.05) is 44.2 Å². The maximum atomic E-state index is 13.1. The van der Waals surface area contributed by atoms with Crippen LogP contribution >= 0.6 is 12.6 Å². The fraction of sp³-hybridized carbons (Fsp3) is 0.565. The van der Waals surface area contributed by atoms with Crippen molar-refractivity contribution in [1.29, 1.82) is 0 Å². The van der Waals surface area contributed by atoms with Crippen molar-refractivity contribution in [3.63, 3.8) is 0 Å². The van der Waals surface area contributed by atoms with Crippen LogP contribution in [0.2, 0.25) is 0 Å². The summed E-state index contributed by atoms with van der Waals surface area (Å²) in [5.41, 5.74) is 7.95. The average Bonchev–Trinajstić information content (AvgIpc) is 3.23. The molecule has 1 fully saturated rings. The molecule has 2 N–H and O–H groups in total. The molecule has 0 bridgehead atoms. The molecule has 2 atom stereocenters. The van der Waals surface area contributed by atoms with E-state index in [0.29, 0.717) is 18.2 Å². The molecule has 2 aliphatic rings. The third kappa shape index (κ3) is 4.23. The van der Waals surface area contributed by atoms with Crippen molar-refractivity contribution < 1.29 is 9.53 Å². The number of hydrogen-bond acceptors (Lipinski definition) is 5. The zero-order valence-corrected chi connectivity index (χ0v) is 18.6. The molecule has 30 heavy (non-hydrogen) atoms. The van der Waals surface area contributed by atoms with Gasteiger partial charge in [0.2, 0.25) is 5.91 Å². The molecule has 2 heterocycles. The summed E-state index contributed by atoms with van der Waals surface area (Å²) in [4.78, 5) is 20.0. The van der Waals surface area contributed by atoms with E-state index in [4.69, 9.17) is 15.5 Å². The summed E-state index contributed by atoms with van der Waals surface area (Å²) < 4.78 is 7.76. The van der Waals surface area contributed by atoms with E-state index in [1.165, 1.54) is 32.1 Å². The first-order valence-corrected chi connectivity index (χ1v) is 11.6. The van der Waals surface area contributed by atoms with E-state index >= 15 is 0 Å². The molecule has 1 aromatic carbocycles. The van der Waals surface area contributed by atoms with Gasteiger partial charge in [0.15, 0.2) is 0 Å². The molecular weight excluding hydrogens is 396 g/mol. The monoisotopic (exact) mass is 428 g/mol. The Balaban J connectivity index is 1.69. The second kappa shape index (κ2) is 9.43. The number of hydrogen-bond donors (Lipinski definition) is 2. The van der Waals surface area contributed by atoms with Gasteiger partial charge in [-0.05, 0) is 24.5 Å². The molecule has 2 aromatic rings. The fourth-order valence-electron chi connectivity index (χ4n) is 4.90. The summed E-state index contributed by atoms with van der Waals surface area (Å²) in [5, 5.41) is 0. The average molecular weight is 429 g/mol. The molecule has 1 aromatic heterocycles. The lowest BCUT2D eigenvalue weighted by molar-refractivity contribution is -0.136. The highest BCUT2D eigenvalue weighted by Crippen LogP contribution is 2.38. The minimum atomic E-state index is -0.572. The number of benzene rings is 1. The number of methoxy groups -OCH3 is 1. The number of nitrogens with two attached hydrogens (primary N) is 1. The van der Waals surface area contributed by atoms with Crippen molar-refractivity contribution in [2.75, 3.05) is 19.4 Å². The number of carbonyl (C=O) groups excluding carboxylic acids is 1.